The van der Waals surface area contributed by atoms with Crippen LogP contribution in [-0.4, -0.2) is 54.4 Å². The second-order valence-electron chi connectivity index (χ2n) is 8.27. The zero-order valence-electron chi connectivity index (χ0n) is 18.9. The Morgan fingerprint density at radius 3 is 2.97 bits per heavy atom. The second-order valence-corrected chi connectivity index (χ2v) is 10.0. The molecule has 2 N–H and O–H groups in total. The standard InChI is InChI=1S/C25H26N4O3S2/c1-26-23(30)19-7-4-11-29(19)12-5-10-27-24(31)22-17(9-13-33-22)25-28-18(15-34-25)21-14-16-6-2-3-8-20(16)32-21/h2-3,6,8-9,13-15,19H,4-5,7,10-12H2,1H3,(H,26,30)(H,27,31)/t19-/m1/s1. The first-order valence-electron chi connectivity index (χ1n) is 11.4. The molecule has 1 fully saturated rings. The number of nitrogens with one attached hydrogen (secondary N) is 2. The lowest BCUT2D eigenvalue weighted by atomic mass is 10.2. The van der Waals surface area contributed by atoms with Crippen LogP contribution in [0.25, 0.3) is 33.0 Å². The van der Waals surface area contributed by atoms with Gasteiger partial charge in [-0.2, -0.15) is 0 Å². The monoisotopic (exact) mass is 494 g/mol. The second kappa shape index (κ2) is 10.1. The van der Waals surface area contributed by atoms with Crippen molar-refractivity contribution in [2.24, 2.45) is 0 Å². The van der Waals surface area contributed by atoms with Crippen LogP contribution in [0.1, 0.15) is 28.9 Å². The minimum absolute atomic E-state index is 0.0459. The molecule has 1 aromatic carbocycles. The van der Waals surface area contributed by atoms with Crippen LogP contribution < -0.4 is 10.6 Å². The summed E-state index contributed by atoms with van der Waals surface area (Å²) in [7, 11) is 1.68. The number of furan rings is 1. The van der Waals surface area contributed by atoms with Crippen LogP contribution in [0.2, 0.25) is 0 Å². The molecule has 1 aliphatic rings. The highest BCUT2D eigenvalue weighted by atomic mass is 32.1. The highest BCUT2D eigenvalue weighted by Gasteiger charge is 2.29. The summed E-state index contributed by atoms with van der Waals surface area (Å²) in [5.41, 5.74) is 2.44. The summed E-state index contributed by atoms with van der Waals surface area (Å²) in [6.45, 7) is 2.29. The SMILES string of the molecule is CNC(=O)[C@H]1CCCN1CCCNC(=O)c1sccc1-c1nc(-c2cc3ccccc3o2)cs1. The Morgan fingerprint density at radius 2 is 2.12 bits per heavy atom. The first kappa shape index (κ1) is 22.8. The van der Waals surface area contributed by atoms with E-state index in [9.17, 15) is 9.59 Å². The van der Waals surface area contributed by atoms with Crippen molar-refractivity contribution in [2.75, 3.05) is 26.7 Å². The number of fused-ring (bicyclic) bond motifs is 1. The number of amides is 2. The Hall–Kier alpha value is -3.01. The smallest absolute Gasteiger partial charge is 0.262 e. The van der Waals surface area contributed by atoms with Gasteiger partial charge in [-0.15, -0.1) is 22.7 Å². The molecular weight excluding hydrogens is 468 g/mol. The molecule has 0 saturated carbocycles. The van der Waals surface area contributed by atoms with E-state index in [-0.39, 0.29) is 17.9 Å². The number of carbonyl (C=O) groups is 2. The molecule has 9 heteroatoms. The third-order valence-corrected chi connectivity index (χ3v) is 7.89. The number of benzene rings is 1. The minimum atomic E-state index is -0.0882. The van der Waals surface area contributed by atoms with Gasteiger partial charge in [0.15, 0.2) is 5.76 Å². The van der Waals surface area contributed by atoms with Gasteiger partial charge in [-0.25, -0.2) is 4.98 Å². The third-order valence-electron chi connectivity index (χ3n) is 6.10. The normalized spacial score (nSPS) is 16.2. The van der Waals surface area contributed by atoms with Crippen LogP contribution in [0.5, 0.6) is 0 Å². The summed E-state index contributed by atoms with van der Waals surface area (Å²) in [6.07, 6.45) is 2.73. The van der Waals surface area contributed by atoms with Crippen LogP contribution in [0, 0.1) is 0 Å². The lowest BCUT2D eigenvalue weighted by Crippen LogP contribution is -2.42. The van der Waals surface area contributed by atoms with Crippen LogP contribution in [0.4, 0.5) is 0 Å². The van der Waals surface area contributed by atoms with Gasteiger partial charge in [0.1, 0.15) is 21.2 Å². The highest BCUT2D eigenvalue weighted by Crippen LogP contribution is 2.35. The van der Waals surface area contributed by atoms with Crippen molar-refractivity contribution >= 4 is 45.5 Å². The molecular formula is C25H26N4O3S2. The van der Waals surface area contributed by atoms with Crippen molar-refractivity contribution in [1.29, 1.82) is 0 Å². The molecule has 7 nitrogen and oxygen atoms in total. The molecule has 0 bridgehead atoms. The number of thiazole rings is 1. The summed E-state index contributed by atoms with van der Waals surface area (Å²) >= 11 is 2.92. The maximum atomic E-state index is 12.9. The third kappa shape index (κ3) is 4.64. The molecule has 176 valence electrons. The summed E-state index contributed by atoms with van der Waals surface area (Å²) in [5.74, 6) is 0.715. The number of likely N-dealkylation sites (tertiary alicyclic amines) is 1. The Labute approximate surface area is 205 Å². The van der Waals surface area contributed by atoms with E-state index in [4.69, 9.17) is 9.40 Å². The lowest BCUT2D eigenvalue weighted by molar-refractivity contribution is -0.124. The van der Waals surface area contributed by atoms with Gasteiger partial charge < -0.3 is 15.1 Å². The zero-order chi connectivity index (χ0) is 23.5. The molecule has 2 amide bonds. The molecule has 5 rings (SSSR count). The Kier molecular flexibility index (Phi) is 6.75. The van der Waals surface area contributed by atoms with E-state index in [0.29, 0.717) is 11.4 Å². The number of hydrogen-bond acceptors (Lipinski definition) is 7. The van der Waals surface area contributed by atoms with Crippen LogP contribution >= 0.6 is 22.7 Å². The zero-order valence-corrected chi connectivity index (χ0v) is 20.5. The summed E-state index contributed by atoms with van der Waals surface area (Å²) in [6, 6.07) is 11.8. The number of thiophene rings is 1. The average Bonchev–Trinajstić information content (AvgIpc) is 3.65. The minimum Gasteiger partial charge on any atom is -0.454 e. The molecule has 0 unspecified atom stereocenters. The Morgan fingerprint density at radius 1 is 1.24 bits per heavy atom. The quantitative estimate of drug-likeness (QED) is 0.349. The first-order chi connectivity index (χ1) is 16.6. The van der Waals surface area contributed by atoms with E-state index in [2.05, 4.69) is 15.5 Å². The molecule has 0 aliphatic carbocycles. The number of hydrogen-bond donors (Lipinski definition) is 2. The fourth-order valence-electron chi connectivity index (χ4n) is 4.39. The van der Waals surface area contributed by atoms with Crippen molar-refractivity contribution in [3.63, 3.8) is 0 Å². The molecule has 34 heavy (non-hydrogen) atoms. The maximum Gasteiger partial charge on any atom is 0.262 e. The van der Waals surface area contributed by atoms with Gasteiger partial charge in [0.25, 0.3) is 5.91 Å². The fourth-order valence-corrected chi connectivity index (χ4v) is 6.11. The van der Waals surface area contributed by atoms with E-state index in [1.165, 1.54) is 22.7 Å². The average molecular weight is 495 g/mol. The number of carbonyl (C=O) groups excluding carboxylic acids is 2. The van der Waals surface area contributed by atoms with Gasteiger partial charge in [0.2, 0.25) is 5.91 Å². The number of para-hydroxylation sites is 1. The molecule has 4 aromatic rings. The number of aromatic nitrogens is 1. The molecule has 1 aliphatic heterocycles. The van der Waals surface area contributed by atoms with E-state index >= 15 is 0 Å². The summed E-state index contributed by atoms with van der Waals surface area (Å²) < 4.78 is 5.94. The highest BCUT2D eigenvalue weighted by molar-refractivity contribution is 7.15. The molecule has 3 aromatic heterocycles. The van der Waals surface area contributed by atoms with Crippen molar-refractivity contribution in [1.82, 2.24) is 20.5 Å². The Bertz CT molecular complexity index is 1280. The lowest BCUT2D eigenvalue weighted by Gasteiger charge is -2.22. The van der Waals surface area contributed by atoms with Gasteiger partial charge in [0, 0.05) is 36.5 Å². The fraction of sp³-hybridized carbons (Fsp3) is 0.320. The maximum absolute atomic E-state index is 12.9. The van der Waals surface area contributed by atoms with Crippen molar-refractivity contribution in [2.45, 2.75) is 25.3 Å². The van der Waals surface area contributed by atoms with E-state index in [1.807, 2.05) is 47.2 Å². The van der Waals surface area contributed by atoms with E-state index in [0.717, 1.165) is 65.3 Å². The van der Waals surface area contributed by atoms with E-state index < -0.39 is 0 Å². The Balaban J connectivity index is 1.20. The first-order valence-corrected chi connectivity index (χ1v) is 13.2. The van der Waals surface area contributed by atoms with Gasteiger partial charge in [-0.05, 0) is 49.4 Å². The van der Waals surface area contributed by atoms with Gasteiger partial charge in [-0.3, -0.25) is 14.5 Å². The van der Waals surface area contributed by atoms with Crippen LogP contribution in [0.15, 0.2) is 51.6 Å². The van der Waals surface area contributed by atoms with Gasteiger partial charge >= 0.3 is 0 Å². The predicted octanol–water partition coefficient (Wildman–Crippen LogP) is 4.62. The number of likely N-dealkylation sites (N-methyl/N-ethyl adjacent to an activating group) is 1. The molecule has 0 radical (unpaired) electrons. The van der Waals surface area contributed by atoms with Crippen molar-refractivity contribution in [3.8, 4) is 22.0 Å². The predicted molar refractivity (Wildman–Crippen MR) is 136 cm³/mol. The molecule has 1 saturated heterocycles. The molecule has 1 atom stereocenters. The van der Waals surface area contributed by atoms with Crippen molar-refractivity contribution in [3.05, 3.63) is 52.0 Å². The summed E-state index contributed by atoms with van der Waals surface area (Å²) in [5, 5.41) is 11.5. The van der Waals surface area contributed by atoms with Crippen LogP contribution in [0.3, 0.4) is 0 Å². The summed E-state index contributed by atoms with van der Waals surface area (Å²) in [4.78, 5) is 32.5. The van der Waals surface area contributed by atoms with Gasteiger partial charge in [-0.1, -0.05) is 18.2 Å². The van der Waals surface area contributed by atoms with Gasteiger partial charge in [0.05, 0.1) is 6.04 Å². The largest absolute Gasteiger partial charge is 0.454 e. The molecule has 0 spiro atoms. The van der Waals surface area contributed by atoms with E-state index in [1.54, 1.807) is 7.05 Å². The topological polar surface area (TPSA) is 87.5 Å². The van der Waals surface area contributed by atoms with Crippen LogP contribution in [-0.2, 0) is 4.79 Å². The molecule has 4 heterocycles. The number of rotatable bonds is 8. The van der Waals surface area contributed by atoms with Crippen molar-refractivity contribution < 1.29 is 14.0 Å². The number of nitrogens with zero attached hydrogens (tertiary/aromatic N) is 2.